The summed E-state index contributed by atoms with van der Waals surface area (Å²) in [5, 5.41) is 9.29. The number of rotatable bonds is 4. The first-order valence-electron chi connectivity index (χ1n) is 7.31. The van der Waals surface area contributed by atoms with E-state index in [4.69, 9.17) is 0 Å². The van der Waals surface area contributed by atoms with Crippen molar-refractivity contribution in [2.75, 3.05) is 31.6 Å². The molecule has 2 rings (SSSR count). The molecule has 0 saturated carbocycles. The number of likely N-dealkylation sites (tertiary alicyclic amines) is 1. The molecule has 1 amide bonds. The van der Waals surface area contributed by atoms with Crippen molar-refractivity contribution in [1.82, 2.24) is 4.90 Å². The van der Waals surface area contributed by atoms with Gasteiger partial charge in [-0.05, 0) is 44.4 Å². The highest BCUT2D eigenvalue weighted by Gasteiger charge is 2.29. The molecule has 2 unspecified atom stereocenters. The van der Waals surface area contributed by atoms with Gasteiger partial charge < -0.3 is 10.0 Å². The molecule has 0 aromatic heterocycles. The number of carbonyl (C=O) groups is 1. The van der Waals surface area contributed by atoms with Crippen LogP contribution in [-0.4, -0.2) is 48.7 Å². The maximum absolute atomic E-state index is 12.6. The van der Waals surface area contributed by atoms with Crippen LogP contribution in [0.1, 0.15) is 19.8 Å². The van der Waals surface area contributed by atoms with Crippen LogP contribution >= 0.6 is 0 Å². The molecule has 2 atom stereocenters. The third-order valence-corrected chi connectivity index (χ3v) is 4.19. The molecule has 0 bridgehead atoms. The Hall–Kier alpha value is -1.39. The van der Waals surface area contributed by atoms with Gasteiger partial charge in [0.05, 0.1) is 6.04 Å². The third-order valence-electron chi connectivity index (χ3n) is 4.19. The summed E-state index contributed by atoms with van der Waals surface area (Å²) in [6, 6.07) is 9.56. The van der Waals surface area contributed by atoms with Gasteiger partial charge in [0.1, 0.15) is 0 Å². The highest BCUT2D eigenvalue weighted by molar-refractivity contribution is 5.96. The SMILES string of the molecule is CC(C(=O)N(C)c1ccccc1)N1CCCC(CO)C1. The van der Waals surface area contributed by atoms with Gasteiger partial charge in [0.15, 0.2) is 0 Å². The number of anilines is 1. The number of amides is 1. The Balaban J connectivity index is 2.01. The van der Waals surface area contributed by atoms with E-state index in [-0.39, 0.29) is 18.6 Å². The number of benzene rings is 1. The molecule has 1 saturated heterocycles. The van der Waals surface area contributed by atoms with Crippen molar-refractivity contribution in [3.8, 4) is 0 Å². The molecule has 110 valence electrons. The molecule has 0 aliphatic carbocycles. The number of piperidine rings is 1. The van der Waals surface area contributed by atoms with E-state index in [9.17, 15) is 9.90 Å². The van der Waals surface area contributed by atoms with Crippen molar-refractivity contribution in [2.45, 2.75) is 25.8 Å². The van der Waals surface area contributed by atoms with Crippen LogP contribution in [0.4, 0.5) is 5.69 Å². The second-order valence-electron chi connectivity index (χ2n) is 5.59. The van der Waals surface area contributed by atoms with Crippen molar-refractivity contribution in [3.63, 3.8) is 0 Å². The molecule has 1 aromatic carbocycles. The van der Waals surface area contributed by atoms with E-state index in [1.54, 1.807) is 4.90 Å². The van der Waals surface area contributed by atoms with E-state index in [2.05, 4.69) is 4.90 Å². The van der Waals surface area contributed by atoms with Crippen LogP contribution in [0.25, 0.3) is 0 Å². The van der Waals surface area contributed by atoms with E-state index in [1.807, 2.05) is 44.3 Å². The summed E-state index contributed by atoms with van der Waals surface area (Å²) in [6.45, 7) is 3.92. The first kappa shape index (κ1) is 15.0. The highest BCUT2D eigenvalue weighted by Crippen LogP contribution is 2.20. The molecule has 4 heteroatoms. The molecule has 1 aromatic rings. The number of nitrogens with zero attached hydrogens (tertiary/aromatic N) is 2. The molecular weight excluding hydrogens is 252 g/mol. The second-order valence-corrected chi connectivity index (χ2v) is 5.59. The highest BCUT2D eigenvalue weighted by atomic mass is 16.3. The Bertz CT molecular complexity index is 435. The average Bonchev–Trinajstić information content (AvgIpc) is 2.53. The predicted molar refractivity (Wildman–Crippen MR) is 80.7 cm³/mol. The summed E-state index contributed by atoms with van der Waals surface area (Å²) < 4.78 is 0. The molecule has 1 fully saturated rings. The lowest BCUT2D eigenvalue weighted by Crippen LogP contribution is -2.50. The summed E-state index contributed by atoms with van der Waals surface area (Å²) in [6.07, 6.45) is 2.11. The molecule has 1 N–H and O–H groups in total. The van der Waals surface area contributed by atoms with Crippen LogP contribution in [0.2, 0.25) is 0 Å². The fraction of sp³-hybridized carbons (Fsp3) is 0.562. The van der Waals surface area contributed by atoms with E-state index in [0.29, 0.717) is 5.92 Å². The van der Waals surface area contributed by atoms with Crippen LogP contribution in [0.5, 0.6) is 0 Å². The quantitative estimate of drug-likeness (QED) is 0.911. The van der Waals surface area contributed by atoms with E-state index in [1.165, 1.54) is 0 Å². The zero-order valence-corrected chi connectivity index (χ0v) is 12.3. The predicted octanol–water partition coefficient (Wildman–Crippen LogP) is 1.74. The normalized spacial score (nSPS) is 21.4. The lowest BCUT2D eigenvalue weighted by Gasteiger charge is -2.36. The Morgan fingerprint density at radius 2 is 2.15 bits per heavy atom. The van der Waals surface area contributed by atoms with Crippen molar-refractivity contribution in [2.24, 2.45) is 5.92 Å². The number of likely N-dealkylation sites (N-methyl/N-ethyl adjacent to an activating group) is 1. The lowest BCUT2D eigenvalue weighted by atomic mass is 9.97. The van der Waals surface area contributed by atoms with E-state index >= 15 is 0 Å². The summed E-state index contributed by atoms with van der Waals surface area (Å²) in [4.78, 5) is 16.5. The standard InChI is InChI=1S/C16H24N2O2/c1-13(18-10-6-7-14(11-18)12-19)16(20)17(2)15-8-4-3-5-9-15/h3-5,8-9,13-14,19H,6-7,10-12H2,1-2H3. The van der Waals surface area contributed by atoms with Gasteiger partial charge in [-0.1, -0.05) is 18.2 Å². The number of aliphatic hydroxyl groups excluding tert-OH is 1. The summed E-state index contributed by atoms with van der Waals surface area (Å²) in [7, 11) is 1.82. The minimum absolute atomic E-state index is 0.106. The van der Waals surface area contributed by atoms with E-state index in [0.717, 1.165) is 31.6 Å². The van der Waals surface area contributed by atoms with Crippen molar-refractivity contribution in [1.29, 1.82) is 0 Å². The molecular formula is C16H24N2O2. The lowest BCUT2D eigenvalue weighted by molar-refractivity contribution is -0.123. The van der Waals surface area contributed by atoms with Crippen LogP contribution < -0.4 is 4.90 Å². The Morgan fingerprint density at radius 1 is 1.45 bits per heavy atom. The van der Waals surface area contributed by atoms with Crippen LogP contribution in [0.3, 0.4) is 0 Å². The van der Waals surface area contributed by atoms with Gasteiger partial charge in [-0.15, -0.1) is 0 Å². The first-order valence-corrected chi connectivity index (χ1v) is 7.31. The molecule has 0 spiro atoms. The van der Waals surface area contributed by atoms with Crippen molar-refractivity contribution < 1.29 is 9.90 Å². The Labute approximate surface area is 121 Å². The van der Waals surface area contributed by atoms with Crippen molar-refractivity contribution in [3.05, 3.63) is 30.3 Å². The molecule has 1 heterocycles. The summed E-state index contributed by atoms with van der Waals surface area (Å²) in [5.41, 5.74) is 0.917. The van der Waals surface area contributed by atoms with Gasteiger partial charge in [0.2, 0.25) is 5.91 Å². The number of carbonyl (C=O) groups excluding carboxylic acids is 1. The monoisotopic (exact) mass is 276 g/mol. The van der Waals surface area contributed by atoms with Gasteiger partial charge in [-0.3, -0.25) is 9.69 Å². The van der Waals surface area contributed by atoms with E-state index < -0.39 is 0 Å². The van der Waals surface area contributed by atoms with Crippen LogP contribution in [-0.2, 0) is 4.79 Å². The second kappa shape index (κ2) is 6.86. The molecule has 0 radical (unpaired) electrons. The molecule has 1 aliphatic heterocycles. The summed E-state index contributed by atoms with van der Waals surface area (Å²) >= 11 is 0. The number of hydrogen-bond donors (Lipinski definition) is 1. The number of aliphatic hydroxyl groups is 1. The summed E-state index contributed by atoms with van der Waals surface area (Å²) in [5.74, 6) is 0.413. The Morgan fingerprint density at radius 3 is 2.80 bits per heavy atom. The molecule has 4 nitrogen and oxygen atoms in total. The largest absolute Gasteiger partial charge is 0.396 e. The fourth-order valence-corrected chi connectivity index (χ4v) is 2.81. The average molecular weight is 276 g/mol. The van der Waals surface area contributed by atoms with Crippen LogP contribution in [0.15, 0.2) is 30.3 Å². The topological polar surface area (TPSA) is 43.8 Å². The maximum atomic E-state index is 12.6. The molecule has 20 heavy (non-hydrogen) atoms. The number of para-hydroxylation sites is 1. The fourth-order valence-electron chi connectivity index (χ4n) is 2.81. The van der Waals surface area contributed by atoms with Gasteiger partial charge in [0, 0.05) is 25.9 Å². The van der Waals surface area contributed by atoms with Gasteiger partial charge in [-0.2, -0.15) is 0 Å². The minimum atomic E-state index is -0.144. The zero-order valence-electron chi connectivity index (χ0n) is 12.3. The molecule has 1 aliphatic rings. The number of hydrogen-bond acceptors (Lipinski definition) is 3. The van der Waals surface area contributed by atoms with Gasteiger partial charge in [-0.25, -0.2) is 0 Å². The maximum Gasteiger partial charge on any atom is 0.243 e. The zero-order chi connectivity index (χ0) is 14.5. The third kappa shape index (κ3) is 3.38. The van der Waals surface area contributed by atoms with Gasteiger partial charge >= 0.3 is 0 Å². The smallest absolute Gasteiger partial charge is 0.243 e. The van der Waals surface area contributed by atoms with Crippen molar-refractivity contribution >= 4 is 11.6 Å². The Kier molecular flexibility index (Phi) is 5.15. The first-order chi connectivity index (χ1) is 9.63. The van der Waals surface area contributed by atoms with Gasteiger partial charge in [0.25, 0.3) is 0 Å². The minimum Gasteiger partial charge on any atom is -0.396 e. The van der Waals surface area contributed by atoms with Crippen LogP contribution in [0, 0.1) is 5.92 Å².